The van der Waals surface area contributed by atoms with Gasteiger partial charge in [-0.2, -0.15) is 0 Å². The predicted octanol–water partition coefficient (Wildman–Crippen LogP) is 4.35. The summed E-state index contributed by atoms with van der Waals surface area (Å²) in [5.74, 6) is 1.11. The zero-order valence-corrected chi connectivity index (χ0v) is 16.3. The van der Waals surface area contributed by atoms with E-state index in [1.165, 1.54) is 17.8 Å². The highest BCUT2D eigenvalue weighted by Crippen LogP contribution is 2.32. The number of para-hydroxylation sites is 1. The summed E-state index contributed by atoms with van der Waals surface area (Å²) < 4.78 is 2.72. The lowest BCUT2D eigenvalue weighted by atomic mass is 9.92. The van der Waals surface area contributed by atoms with Crippen LogP contribution in [-0.2, 0) is 6.54 Å². The summed E-state index contributed by atoms with van der Waals surface area (Å²) in [4.78, 5) is 28.7. The van der Waals surface area contributed by atoms with E-state index in [4.69, 9.17) is 0 Å². The van der Waals surface area contributed by atoms with Crippen LogP contribution in [0.15, 0.2) is 35.1 Å². The van der Waals surface area contributed by atoms with Crippen molar-refractivity contribution in [3.05, 3.63) is 45.6 Å². The fraction of sp³-hybridized carbons (Fsp3) is 0.429. The highest BCUT2D eigenvalue weighted by Gasteiger charge is 2.27. The minimum absolute atomic E-state index is 0.00289. The fourth-order valence-electron chi connectivity index (χ4n) is 4.31. The van der Waals surface area contributed by atoms with E-state index in [-0.39, 0.29) is 11.5 Å². The first-order chi connectivity index (χ1) is 12.5. The Morgan fingerprint density at radius 2 is 1.85 bits per heavy atom. The first-order valence-electron chi connectivity index (χ1n) is 9.34. The first kappa shape index (κ1) is 17.3. The molecule has 3 heterocycles. The Balaban J connectivity index is 1.85. The Labute approximate surface area is 157 Å². The number of hydrogen-bond acceptors (Lipinski definition) is 3. The summed E-state index contributed by atoms with van der Waals surface area (Å²) >= 11 is 1.46. The normalized spacial score (nSPS) is 20.8. The number of nitrogens with zero attached hydrogens (tertiary/aromatic N) is 2. The summed E-state index contributed by atoms with van der Waals surface area (Å²) in [6.45, 7) is 8.61. The topological polar surface area (TPSA) is 42.3 Å². The lowest BCUT2D eigenvalue weighted by molar-refractivity contribution is 0.0628. The van der Waals surface area contributed by atoms with Crippen LogP contribution in [0.3, 0.4) is 0 Å². The molecular formula is C21H24N2O2S. The van der Waals surface area contributed by atoms with Gasteiger partial charge >= 0.3 is 0 Å². The molecule has 0 unspecified atom stereocenters. The van der Waals surface area contributed by atoms with Crippen LogP contribution in [0.5, 0.6) is 0 Å². The third kappa shape index (κ3) is 2.75. The number of rotatable bonds is 2. The Hall–Kier alpha value is -2.14. The third-order valence-corrected chi connectivity index (χ3v) is 6.49. The third-order valence-electron chi connectivity index (χ3n) is 5.33. The van der Waals surface area contributed by atoms with E-state index in [9.17, 15) is 9.59 Å². The van der Waals surface area contributed by atoms with Crippen molar-refractivity contribution < 1.29 is 4.79 Å². The highest BCUT2D eigenvalue weighted by atomic mass is 32.1. The molecule has 2 atom stereocenters. The van der Waals surface area contributed by atoms with E-state index in [0.29, 0.717) is 28.6 Å². The van der Waals surface area contributed by atoms with Crippen LogP contribution in [0.2, 0.25) is 0 Å². The molecule has 1 aliphatic heterocycles. The van der Waals surface area contributed by atoms with Gasteiger partial charge in [0.25, 0.3) is 11.5 Å². The van der Waals surface area contributed by atoms with Crippen LogP contribution in [0.25, 0.3) is 21.0 Å². The van der Waals surface area contributed by atoms with Crippen LogP contribution in [0.4, 0.5) is 0 Å². The van der Waals surface area contributed by atoms with E-state index in [2.05, 4.69) is 13.8 Å². The minimum Gasteiger partial charge on any atom is -0.337 e. The van der Waals surface area contributed by atoms with E-state index in [1.807, 2.05) is 42.2 Å². The molecule has 5 heteroatoms. The number of aryl methyl sites for hydroxylation is 1. The van der Waals surface area contributed by atoms with Crippen LogP contribution in [0.1, 0.15) is 36.9 Å². The molecule has 4 nitrogen and oxygen atoms in total. The van der Waals surface area contributed by atoms with Gasteiger partial charge < -0.3 is 9.47 Å². The zero-order chi connectivity index (χ0) is 18.4. The molecule has 4 rings (SSSR count). The number of piperidine rings is 1. The number of benzene rings is 1. The van der Waals surface area contributed by atoms with Gasteiger partial charge in [-0.3, -0.25) is 9.59 Å². The lowest BCUT2D eigenvalue weighted by Gasteiger charge is -2.34. The molecule has 1 fully saturated rings. The molecule has 2 aromatic heterocycles. The van der Waals surface area contributed by atoms with Gasteiger partial charge in [-0.1, -0.05) is 32.0 Å². The van der Waals surface area contributed by atoms with Gasteiger partial charge in [0.05, 0.1) is 15.8 Å². The van der Waals surface area contributed by atoms with Crippen LogP contribution in [0, 0.1) is 11.8 Å². The Bertz CT molecular complexity index is 1040. The number of amides is 1. The quantitative estimate of drug-likeness (QED) is 0.675. The standard InChI is InChI=1S/C21H24N2O2S/c1-4-23-17-8-6-5-7-15(17)19-16(20(23)24)10-18(26-19)21(25)22-11-13(2)9-14(3)12-22/h5-8,10,13-14H,4,9,11-12H2,1-3H3/t13-,14-/m0/s1. The Morgan fingerprint density at radius 1 is 1.15 bits per heavy atom. The number of thiophene rings is 1. The minimum atomic E-state index is -0.00289. The molecule has 136 valence electrons. The summed E-state index contributed by atoms with van der Waals surface area (Å²) in [7, 11) is 0. The van der Waals surface area contributed by atoms with Gasteiger partial charge in [-0.05, 0) is 37.3 Å². The van der Waals surface area contributed by atoms with Gasteiger partial charge in [0.2, 0.25) is 0 Å². The molecule has 1 aliphatic rings. The van der Waals surface area contributed by atoms with Gasteiger partial charge in [0.1, 0.15) is 0 Å². The van der Waals surface area contributed by atoms with Crippen molar-refractivity contribution >= 4 is 38.2 Å². The van der Waals surface area contributed by atoms with E-state index in [1.54, 1.807) is 4.57 Å². The molecule has 3 aromatic rings. The summed E-state index contributed by atoms with van der Waals surface area (Å²) in [6.07, 6.45) is 1.17. The Kier molecular flexibility index (Phi) is 4.35. The van der Waals surface area contributed by atoms with Gasteiger partial charge in [-0.15, -0.1) is 11.3 Å². The smallest absolute Gasteiger partial charge is 0.263 e. The second-order valence-corrected chi connectivity index (χ2v) is 8.63. The molecule has 1 amide bonds. The van der Waals surface area contributed by atoms with Crippen molar-refractivity contribution in [2.24, 2.45) is 11.8 Å². The number of aromatic nitrogens is 1. The van der Waals surface area contributed by atoms with E-state index in [0.717, 1.165) is 28.7 Å². The number of likely N-dealkylation sites (tertiary alicyclic amines) is 1. The predicted molar refractivity (Wildman–Crippen MR) is 108 cm³/mol. The molecule has 26 heavy (non-hydrogen) atoms. The number of carbonyl (C=O) groups is 1. The fourth-order valence-corrected chi connectivity index (χ4v) is 5.46. The largest absolute Gasteiger partial charge is 0.337 e. The zero-order valence-electron chi connectivity index (χ0n) is 15.5. The number of carbonyl (C=O) groups excluding carboxylic acids is 1. The van der Waals surface area contributed by atoms with Crippen LogP contribution in [-0.4, -0.2) is 28.5 Å². The number of fused-ring (bicyclic) bond motifs is 3. The molecule has 1 saturated heterocycles. The highest BCUT2D eigenvalue weighted by molar-refractivity contribution is 7.21. The molecule has 0 bridgehead atoms. The number of pyridine rings is 1. The van der Waals surface area contributed by atoms with Gasteiger partial charge in [-0.25, -0.2) is 0 Å². The first-order valence-corrected chi connectivity index (χ1v) is 10.2. The maximum absolute atomic E-state index is 13.1. The Morgan fingerprint density at radius 3 is 2.54 bits per heavy atom. The maximum Gasteiger partial charge on any atom is 0.263 e. The molecule has 1 aromatic carbocycles. The van der Waals surface area contributed by atoms with Crippen molar-refractivity contribution in [3.63, 3.8) is 0 Å². The molecule has 0 saturated carbocycles. The summed E-state index contributed by atoms with van der Waals surface area (Å²) in [5.41, 5.74) is 0.936. The molecule has 0 spiro atoms. The molecule has 0 radical (unpaired) electrons. The van der Waals surface area contributed by atoms with E-state index < -0.39 is 0 Å². The monoisotopic (exact) mass is 368 g/mol. The summed E-state index contributed by atoms with van der Waals surface area (Å²) in [6, 6.07) is 9.78. The maximum atomic E-state index is 13.1. The second kappa shape index (κ2) is 6.54. The second-order valence-electron chi connectivity index (χ2n) is 7.58. The average Bonchev–Trinajstić information content (AvgIpc) is 3.07. The molecular weight excluding hydrogens is 344 g/mol. The van der Waals surface area contributed by atoms with Crippen molar-refractivity contribution in [3.8, 4) is 0 Å². The van der Waals surface area contributed by atoms with Crippen molar-refractivity contribution in [2.45, 2.75) is 33.7 Å². The van der Waals surface area contributed by atoms with Gasteiger partial charge in [0, 0.05) is 29.7 Å². The van der Waals surface area contributed by atoms with Gasteiger partial charge in [0.15, 0.2) is 0 Å². The molecule has 0 N–H and O–H groups in total. The van der Waals surface area contributed by atoms with Crippen LogP contribution < -0.4 is 5.56 Å². The SMILES string of the molecule is CCn1c(=O)c2cc(C(=O)N3C[C@@H](C)C[C@H](C)C3)sc2c2ccccc21. The number of hydrogen-bond donors (Lipinski definition) is 0. The van der Waals surface area contributed by atoms with Crippen molar-refractivity contribution in [2.75, 3.05) is 13.1 Å². The summed E-state index contributed by atoms with van der Waals surface area (Å²) in [5, 5.41) is 1.71. The average molecular weight is 369 g/mol. The molecule has 0 aliphatic carbocycles. The lowest BCUT2D eigenvalue weighted by Crippen LogP contribution is -2.42. The van der Waals surface area contributed by atoms with E-state index >= 15 is 0 Å². The van der Waals surface area contributed by atoms with Crippen molar-refractivity contribution in [1.29, 1.82) is 0 Å². The van der Waals surface area contributed by atoms with Crippen molar-refractivity contribution in [1.82, 2.24) is 9.47 Å². The van der Waals surface area contributed by atoms with Crippen LogP contribution >= 0.6 is 11.3 Å².